The van der Waals surface area contributed by atoms with Crippen molar-refractivity contribution in [2.45, 2.75) is 19.3 Å². The van der Waals surface area contributed by atoms with E-state index in [4.69, 9.17) is 0 Å². The largest absolute Gasteiger partial charge is 0.508 e. The number of rotatable bonds is 2. The minimum absolute atomic E-state index is 0. The summed E-state index contributed by atoms with van der Waals surface area (Å²) < 4.78 is 0. The van der Waals surface area contributed by atoms with Crippen LogP contribution in [0.25, 0.3) is 0 Å². The summed E-state index contributed by atoms with van der Waals surface area (Å²) >= 11 is 0. The van der Waals surface area contributed by atoms with Crippen molar-refractivity contribution in [1.82, 2.24) is 0 Å². The molecule has 92 valence electrons. The third-order valence-corrected chi connectivity index (χ3v) is 3.18. The maximum absolute atomic E-state index is 9.30. The third-order valence-electron chi connectivity index (χ3n) is 3.18. The topological polar surface area (TPSA) is 40.5 Å². The maximum Gasteiger partial charge on any atom is 0.115 e. The minimum Gasteiger partial charge on any atom is -0.508 e. The van der Waals surface area contributed by atoms with Gasteiger partial charge in [0.2, 0.25) is 0 Å². The Balaban J connectivity index is 0.00000162. The zero-order valence-corrected chi connectivity index (χ0v) is 14.4. The molecule has 0 aliphatic heterocycles. The van der Waals surface area contributed by atoms with Crippen LogP contribution < -0.4 is 0 Å². The average molecular weight is 435 g/mol. The average Bonchev–Trinajstić information content (AvgIpc) is 2.30. The molecule has 18 heavy (non-hydrogen) atoms. The van der Waals surface area contributed by atoms with E-state index in [2.05, 4.69) is 13.8 Å². The molecule has 2 N–H and O–H groups in total. The van der Waals surface area contributed by atoms with Crippen LogP contribution in [0.1, 0.15) is 25.0 Å². The number of aromatic hydroxyl groups is 2. The first-order valence-electron chi connectivity index (χ1n) is 5.59. The van der Waals surface area contributed by atoms with Gasteiger partial charge in [-0.3, -0.25) is 0 Å². The summed E-state index contributed by atoms with van der Waals surface area (Å²) in [5.74, 6) is 0.547. The number of phenols is 2. The van der Waals surface area contributed by atoms with Gasteiger partial charge in [0, 0.05) is 32.7 Å². The van der Waals surface area contributed by atoms with Crippen molar-refractivity contribution in [3.8, 4) is 11.5 Å². The molecule has 2 nitrogen and oxygen atoms in total. The van der Waals surface area contributed by atoms with Crippen LogP contribution in [0.15, 0.2) is 48.5 Å². The van der Waals surface area contributed by atoms with Gasteiger partial charge >= 0.3 is 0 Å². The Morgan fingerprint density at radius 2 is 0.944 bits per heavy atom. The summed E-state index contributed by atoms with van der Waals surface area (Å²) in [5, 5.41) is 18.6. The second kappa shape index (κ2) is 5.73. The fourth-order valence-electron chi connectivity index (χ4n) is 1.92. The standard InChI is InChI=1S/C15H16O2.Pb/c1-15(2,11-3-7-13(16)8-4-11)12-5-9-14(17)10-6-12;/h3-10,16-17H,1-2H3;. The Morgan fingerprint density at radius 3 is 1.22 bits per heavy atom. The van der Waals surface area contributed by atoms with Crippen LogP contribution in [0.3, 0.4) is 0 Å². The molecule has 2 aromatic rings. The van der Waals surface area contributed by atoms with E-state index in [9.17, 15) is 10.2 Å². The van der Waals surface area contributed by atoms with E-state index >= 15 is 0 Å². The van der Waals surface area contributed by atoms with Gasteiger partial charge in [-0.2, -0.15) is 0 Å². The first-order chi connectivity index (χ1) is 8.00. The molecule has 0 amide bonds. The van der Waals surface area contributed by atoms with Crippen molar-refractivity contribution in [3.05, 3.63) is 59.7 Å². The normalized spacial score (nSPS) is 10.8. The van der Waals surface area contributed by atoms with Gasteiger partial charge in [-0.1, -0.05) is 38.1 Å². The van der Waals surface area contributed by atoms with Gasteiger partial charge < -0.3 is 10.2 Å². The third kappa shape index (κ3) is 3.04. The van der Waals surface area contributed by atoms with Crippen LogP contribution in [0, 0.1) is 0 Å². The second-order valence-electron chi connectivity index (χ2n) is 4.72. The van der Waals surface area contributed by atoms with Crippen molar-refractivity contribution >= 4 is 27.3 Å². The monoisotopic (exact) mass is 436 g/mol. The van der Waals surface area contributed by atoms with E-state index in [0.29, 0.717) is 0 Å². The fraction of sp³-hybridized carbons (Fsp3) is 0.200. The predicted molar refractivity (Wildman–Crippen MR) is 74.1 cm³/mol. The van der Waals surface area contributed by atoms with Crippen molar-refractivity contribution in [2.75, 3.05) is 0 Å². The van der Waals surface area contributed by atoms with Gasteiger partial charge in [-0.25, -0.2) is 0 Å². The van der Waals surface area contributed by atoms with E-state index in [1.54, 1.807) is 24.3 Å². The van der Waals surface area contributed by atoms with E-state index in [1.807, 2.05) is 24.3 Å². The maximum atomic E-state index is 9.30. The SMILES string of the molecule is CC(C)(c1ccc(O)cc1)c1ccc(O)cc1.[Pb]. The quantitative estimate of drug-likeness (QED) is 0.712. The van der Waals surface area contributed by atoms with Crippen LogP contribution in [0.4, 0.5) is 0 Å². The molecule has 2 rings (SSSR count). The van der Waals surface area contributed by atoms with Gasteiger partial charge in [0.15, 0.2) is 0 Å². The Kier molecular flexibility index (Phi) is 4.79. The molecule has 0 aromatic heterocycles. The van der Waals surface area contributed by atoms with E-state index < -0.39 is 0 Å². The summed E-state index contributed by atoms with van der Waals surface area (Å²) in [6, 6.07) is 14.4. The Hall–Kier alpha value is -1.04. The molecule has 2 aromatic carbocycles. The molecule has 4 radical (unpaired) electrons. The van der Waals surface area contributed by atoms with Gasteiger partial charge in [0.25, 0.3) is 0 Å². The second-order valence-corrected chi connectivity index (χ2v) is 4.72. The van der Waals surface area contributed by atoms with E-state index in [1.165, 1.54) is 0 Å². The summed E-state index contributed by atoms with van der Waals surface area (Å²) in [5.41, 5.74) is 2.10. The smallest absolute Gasteiger partial charge is 0.115 e. The molecule has 0 saturated heterocycles. The van der Waals surface area contributed by atoms with Gasteiger partial charge in [-0.05, 0) is 35.4 Å². The minimum atomic E-state index is -0.151. The molecule has 0 saturated carbocycles. The molecule has 0 fully saturated rings. The fourth-order valence-corrected chi connectivity index (χ4v) is 1.92. The Morgan fingerprint density at radius 1 is 0.667 bits per heavy atom. The number of benzene rings is 2. The summed E-state index contributed by atoms with van der Waals surface area (Å²) in [4.78, 5) is 0. The first kappa shape index (κ1) is 15.0. The molecular weight excluding hydrogens is 419 g/mol. The first-order valence-corrected chi connectivity index (χ1v) is 5.59. The van der Waals surface area contributed by atoms with Crippen LogP contribution in [0.5, 0.6) is 11.5 Å². The zero-order valence-electron chi connectivity index (χ0n) is 10.5. The molecule has 0 spiro atoms. The summed E-state index contributed by atoms with van der Waals surface area (Å²) in [6.45, 7) is 4.23. The molecule has 0 heterocycles. The number of hydrogen-bond donors (Lipinski definition) is 2. The Bertz CT molecular complexity index is 454. The summed E-state index contributed by atoms with van der Waals surface area (Å²) in [6.07, 6.45) is 0. The van der Waals surface area contributed by atoms with Crippen molar-refractivity contribution < 1.29 is 10.2 Å². The molecule has 0 aliphatic carbocycles. The van der Waals surface area contributed by atoms with Crippen LogP contribution in [-0.2, 0) is 5.41 Å². The van der Waals surface area contributed by atoms with Gasteiger partial charge in [0.1, 0.15) is 11.5 Å². The van der Waals surface area contributed by atoms with Crippen molar-refractivity contribution in [2.24, 2.45) is 0 Å². The molecule has 0 bridgehead atoms. The van der Waals surface area contributed by atoms with Crippen molar-refractivity contribution in [3.63, 3.8) is 0 Å². The predicted octanol–water partition coefficient (Wildman–Crippen LogP) is 3.04. The van der Waals surface area contributed by atoms with Crippen LogP contribution in [0.2, 0.25) is 0 Å². The van der Waals surface area contributed by atoms with Gasteiger partial charge in [0.05, 0.1) is 0 Å². The number of hydrogen-bond acceptors (Lipinski definition) is 2. The zero-order chi connectivity index (χ0) is 12.5. The van der Waals surface area contributed by atoms with Gasteiger partial charge in [-0.15, -0.1) is 0 Å². The summed E-state index contributed by atoms with van der Waals surface area (Å²) in [7, 11) is 0. The Labute approximate surface area is 127 Å². The molecule has 0 aliphatic rings. The molecular formula is C15H16O2Pb. The molecule has 0 atom stereocenters. The molecule has 0 unspecified atom stereocenters. The van der Waals surface area contributed by atoms with E-state index in [-0.39, 0.29) is 44.2 Å². The van der Waals surface area contributed by atoms with E-state index in [0.717, 1.165) is 11.1 Å². The van der Waals surface area contributed by atoms with Crippen LogP contribution >= 0.6 is 0 Å². The van der Waals surface area contributed by atoms with Crippen molar-refractivity contribution in [1.29, 1.82) is 0 Å². The van der Waals surface area contributed by atoms with Crippen LogP contribution in [-0.4, -0.2) is 37.5 Å². The number of phenolic OH excluding ortho intramolecular Hbond substituents is 2. The molecule has 3 heteroatoms.